The Bertz CT molecular complexity index is 304. The highest BCUT2D eigenvalue weighted by molar-refractivity contribution is 8.23. The first-order valence-corrected chi connectivity index (χ1v) is 6.66. The second-order valence-electron chi connectivity index (χ2n) is 4.16. The standard InChI is InChI=1S/C11H17NO2S2/c1-4-8(13)5-10(14)12-9(7(2)3)6-16-11(12)15/h4,7-9,13H,1,5-6H2,2-3H3/t8-,9-/m1/s1. The van der Waals surface area contributed by atoms with E-state index in [0.29, 0.717) is 10.2 Å². The fourth-order valence-electron chi connectivity index (χ4n) is 1.57. The lowest BCUT2D eigenvalue weighted by Crippen LogP contribution is -2.42. The number of nitrogens with zero attached hydrogens (tertiary/aromatic N) is 1. The van der Waals surface area contributed by atoms with Gasteiger partial charge in [0, 0.05) is 11.8 Å². The van der Waals surface area contributed by atoms with Gasteiger partial charge < -0.3 is 5.11 Å². The zero-order valence-electron chi connectivity index (χ0n) is 9.55. The van der Waals surface area contributed by atoms with Crippen LogP contribution in [0.3, 0.4) is 0 Å². The van der Waals surface area contributed by atoms with E-state index in [0.717, 1.165) is 5.75 Å². The van der Waals surface area contributed by atoms with Crippen LogP contribution < -0.4 is 0 Å². The SMILES string of the molecule is C=C[C@@H](O)CC(=O)N1C(=S)SC[C@@H]1C(C)C. The zero-order valence-corrected chi connectivity index (χ0v) is 11.2. The molecule has 90 valence electrons. The molecule has 1 rings (SSSR count). The molecule has 2 atom stereocenters. The molecular formula is C11H17NO2S2. The van der Waals surface area contributed by atoms with Crippen LogP contribution in [-0.4, -0.2) is 38.1 Å². The van der Waals surface area contributed by atoms with Crippen LogP contribution in [0.5, 0.6) is 0 Å². The number of thiocarbonyl (C=S) groups is 1. The van der Waals surface area contributed by atoms with Gasteiger partial charge in [0.1, 0.15) is 4.32 Å². The highest BCUT2D eigenvalue weighted by Crippen LogP contribution is 2.29. The van der Waals surface area contributed by atoms with Crippen LogP contribution in [0.15, 0.2) is 12.7 Å². The molecule has 1 fully saturated rings. The van der Waals surface area contributed by atoms with Gasteiger partial charge in [0.25, 0.3) is 0 Å². The molecule has 5 heteroatoms. The molecule has 1 aliphatic rings. The second-order valence-corrected chi connectivity index (χ2v) is 5.81. The van der Waals surface area contributed by atoms with Crippen LogP contribution in [0, 0.1) is 5.92 Å². The van der Waals surface area contributed by atoms with Crippen molar-refractivity contribution in [2.75, 3.05) is 5.75 Å². The third kappa shape index (κ3) is 3.06. The molecule has 1 N–H and O–H groups in total. The van der Waals surface area contributed by atoms with Crippen molar-refractivity contribution >= 4 is 34.2 Å². The monoisotopic (exact) mass is 259 g/mol. The second kappa shape index (κ2) is 5.80. The third-order valence-electron chi connectivity index (χ3n) is 2.60. The number of carbonyl (C=O) groups is 1. The van der Waals surface area contributed by atoms with Crippen LogP contribution in [0.4, 0.5) is 0 Å². The van der Waals surface area contributed by atoms with E-state index < -0.39 is 6.10 Å². The molecule has 0 aliphatic carbocycles. The highest BCUT2D eigenvalue weighted by atomic mass is 32.2. The van der Waals surface area contributed by atoms with Gasteiger partial charge in [-0.1, -0.05) is 43.9 Å². The van der Waals surface area contributed by atoms with Gasteiger partial charge in [-0.15, -0.1) is 6.58 Å². The van der Waals surface area contributed by atoms with E-state index in [4.69, 9.17) is 12.2 Å². The van der Waals surface area contributed by atoms with Crippen molar-refractivity contribution < 1.29 is 9.90 Å². The summed E-state index contributed by atoms with van der Waals surface area (Å²) in [6, 6.07) is 0.155. The Hall–Kier alpha value is -0.390. The van der Waals surface area contributed by atoms with E-state index in [1.807, 2.05) is 0 Å². The van der Waals surface area contributed by atoms with E-state index in [-0.39, 0.29) is 18.4 Å². The van der Waals surface area contributed by atoms with Gasteiger partial charge in [0.15, 0.2) is 0 Å². The average molecular weight is 259 g/mol. The topological polar surface area (TPSA) is 40.5 Å². The average Bonchev–Trinajstić information content (AvgIpc) is 2.59. The molecule has 0 aromatic heterocycles. The molecule has 1 saturated heterocycles. The summed E-state index contributed by atoms with van der Waals surface area (Å²) in [7, 11) is 0. The first-order chi connectivity index (χ1) is 7.47. The van der Waals surface area contributed by atoms with E-state index in [1.54, 1.807) is 4.90 Å². The minimum Gasteiger partial charge on any atom is -0.389 e. The molecule has 3 nitrogen and oxygen atoms in total. The minimum absolute atomic E-state index is 0.0629. The smallest absolute Gasteiger partial charge is 0.231 e. The summed E-state index contributed by atoms with van der Waals surface area (Å²) < 4.78 is 0.625. The Morgan fingerprint density at radius 3 is 2.94 bits per heavy atom. The Kier molecular flexibility index (Phi) is 4.95. The normalized spacial score (nSPS) is 22.6. The van der Waals surface area contributed by atoms with E-state index >= 15 is 0 Å². The highest BCUT2D eigenvalue weighted by Gasteiger charge is 2.35. The van der Waals surface area contributed by atoms with Crippen LogP contribution in [0.1, 0.15) is 20.3 Å². The summed E-state index contributed by atoms with van der Waals surface area (Å²) in [5, 5.41) is 9.38. The summed E-state index contributed by atoms with van der Waals surface area (Å²) in [5.41, 5.74) is 0. The molecule has 0 aromatic rings. The Balaban J connectivity index is 2.71. The van der Waals surface area contributed by atoms with Crippen molar-refractivity contribution in [2.24, 2.45) is 5.92 Å². The van der Waals surface area contributed by atoms with Crippen molar-refractivity contribution in [3.8, 4) is 0 Å². The number of thioether (sulfide) groups is 1. The van der Waals surface area contributed by atoms with Crippen LogP contribution in [0.25, 0.3) is 0 Å². The Labute approximate surface area is 106 Å². The summed E-state index contributed by atoms with van der Waals surface area (Å²) in [6.07, 6.45) is 0.649. The molecule has 0 saturated carbocycles. The van der Waals surface area contributed by atoms with Gasteiger partial charge in [-0.05, 0) is 5.92 Å². The maximum absolute atomic E-state index is 12.0. The predicted molar refractivity (Wildman–Crippen MR) is 71.3 cm³/mol. The van der Waals surface area contributed by atoms with E-state index in [9.17, 15) is 9.90 Å². The zero-order chi connectivity index (χ0) is 12.3. The van der Waals surface area contributed by atoms with Crippen LogP contribution in [0.2, 0.25) is 0 Å². The maximum Gasteiger partial charge on any atom is 0.231 e. The number of hydrogen-bond donors (Lipinski definition) is 1. The number of hydrogen-bond acceptors (Lipinski definition) is 4. The van der Waals surface area contributed by atoms with Gasteiger partial charge in [-0.2, -0.15) is 0 Å². The van der Waals surface area contributed by atoms with Crippen molar-refractivity contribution in [3.05, 3.63) is 12.7 Å². The third-order valence-corrected chi connectivity index (χ3v) is 4.10. The number of carbonyl (C=O) groups excluding carboxylic acids is 1. The molecule has 16 heavy (non-hydrogen) atoms. The Morgan fingerprint density at radius 2 is 2.44 bits per heavy atom. The summed E-state index contributed by atoms with van der Waals surface area (Å²) in [4.78, 5) is 13.6. The van der Waals surface area contributed by atoms with E-state index in [2.05, 4.69) is 20.4 Å². The van der Waals surface area contributed by atoms with Crippen molar-refractivity contribution in [2.45, 2.75) is 32.4 Å². The van der Waals surface area contributed by atoms with Crippen molar-refractivity contribution in [1.29, 1.82) is 0 Å². The number of amides is 1. The predicted octanol–water partition coefficient (Wildman–Crippen LogP) is 1.81. The fraction of sp³-hybridized carbons (Fsp3) is 0.636. The number of aliphatic hydroxyl groups excluding tert-OH is 1. The van der Waals surface area contributed by atoms with Gasteiger partial charge in [-0.3, -0.25) is 9.69 Å². The summed E-state index contributed by atoms with van der Waals surface area (Å²) in [5.74, 6) is 1.12. The first-order valence-electron chi connectivity index (χ1n) is 5.26. The number of rotatable bonds is 4. The molecule has 0 radical (unpaired) electrons. The van der Waals surface area contributed by atoms with Gasteiger partial charge in [-0.25, -0.2) is 0 Å². The van der Waals surface area contributed by atoms with Crippen molar-refractivity contribution in [1.82, 2.24) is 4.90 Å². The quantitative estimate of drug-likeness (QED) is 0.617. The lowest BCUT2D eigenvalue weighted by Gasteiger charge is -2.26. The lowest BCUT2D eigenvalue weighted by atomic mass is 10.0. The van der Waals surface area contributed by atoms with Gasteiger partial charge >= 0.3 is 0 Å². The maximum atomic E-state index is 12.0. The molecular weight excluding hydrogens is 242 g/mol. The summed E-state index contributed by atoms with van der Waals surface area (Å²) in [6.45, 7) is 7.60. The first kappa shape index (κ1) is 13.7. The van der Waals surface area contributed by atoms with Crippen LogP contribution >= 0.6 is 24.0 Å². The Morgan fingerprint density at radius 1 is 1.81 bits per heavy atom. The molecule has 0 unspecified atom stereocenters. The van der Waals surface area contributed by atoms with Crippen LogP contribution in [-0.2, 0) is 4.79 Å². The molecule has 1 aliphatic heterocycles. The van der Waals surface area contributed by atoms with Gasteiger partial charge in [0.05, 0.1) is 12.5 Å². The van der Waals surface area contributed by atoms with E-state index in [1.165, 1.54) is 17.8 Å². The molecule has 1 amide bonds. The fourth-order valence-corrected chi connectivity index (χ4v) is 3.24. The van der Waals surface area contributed by atoms with Crippen molar-refractivity contribution in [3.63, 3.8) is 0 Å². The molecule has 0 aromatic carbocycles. The molecule has 0 bridgehead atoms. The van der Waals surface area contributed by atoms with Gasteiger partial charge in [0.2, 0.25) is 5.91 Å². The summed E-state index contributed by atoms with van der Waals surface area (Å²) >= 11 is 6.70. The molecule has 1 heterocycles. The lowest BCUT2D eigenvalue weighted by molar-refractivity contribution is -0.130. The molecule has 0 spiro atoms. The minimum atomic E-state index is -0.784. The number of aliphatic hydroxyl groups is 1. The largest absolute Gasteiger partial charge is 0.389 e.